The summed E-state index contributed by atoms with van der Waals surface area (Å²) < 4.78 is 0. The van der Waals surface area contributed by atoms with Crippen LogP contribution in [-0.4, -0.2) is 9.97 Å². The molecule has 0 bridgehead atoms. The number of fused-ring (bicyclic) bond motifs is 3. The molecule has 124 valence electrons. The van der Waals surface area contributed by atoms with E-state index in [1.54, 1.807) is 23.1 Å². The van der Waals surface area contributed by atoms with Crippen molar-refractivity contribution in [3.63, 3.8) is 0 Å². The van der Waals surface area contributed by atoms with Gasteiger partial charge in [0.15, 0.2) is 0 Å². The van der Waals surface area contributed by atoms with Crippen molar-refractivity contribution in [2.24, 2.45) is 0 Å². The van der Waals surface area contributed by atoms with Gasteiger partial charge in [0.2, 0.25) is 0 Å². The first-order valence-electron chi connectivity index (χ1n) is 8.27. The Kier molecular flexibility index (Phi) is 4.01. The van der Waals surface area contributed by atoms with Gasteiger partial charge in [-0.25, -0.2) is 4.98 Å². The first kappa shape index (κ1) is 15.9. The van der Waals surface area contributed by atoms with Crippen molar-refractivity contribution in [1.29, 1.82) is 0 Å². The molecular formula is C19H20N2OS2. The van der Waals surface area contributed by atoms with E-state index in [9.17, 15) is 4.79 Å². The summed E-state index contributed by atoms with van der Waals surface area (Å²) in [5, 5.41) is 0.837. The van der Waals surface area contributed by atoms with Crippen LogP contribution < -0.4 is 5.56 Å². The molecule has 0 aliphatic heterocycles. The molecule has 0 radical (unpaired) electrons. The van der Waals surface area contributed by atoms with Gasteiger partial charge in [0.1, 0.15) is 10.7 Å². The highest BCUT2D eigenvalue weighted by Gasteiger charge is 2.21. The normalized spacial score (nSPS) is 13.6. The third kappa shape index (κ3) is 2.70. The van der Waals surface area contributed by atoms with Crippen LogP contribution in [-0.2, 0) is 18.6 Å². The highest BCUT2D eigenvalue weighted by atomic mass is 32.2. The smallest absolute Gasteiger partial charge is 0.259 e. The zero-order valence-electron chi connectivity index (χ0n) is 14.2. The SMILES string of the molecule is Cc1cc(C)c(SCc2nc3sc4c(c3c(=O)[nH]2)CCC4)c(C)c1. The maximum Gasteiger partial charge on any atom is 0.259 e. The zero-order chi connectivity index (χ0) is 16.8. The molecule has 0 unspecified atom stereocenters. The van der Waals surface area contributed by atoms with Crippen LogP contribution in [0.4, 0.5) is 0 Å². The van der Waals surface area contributed by atoms with E-state index >= 15 is 0 Å². The van der Waals surface area contributed by atoms with E-state index in [4.69, 9.17) is 4.98 Å². The fourth-order valence-electron chi connectivity index (χ4n) is 3.65. The van der Waals surface area contributed by atoms with Gasteiger partial charge in [-0.2, -0.15) is 0 Å². The lowest BCUT2D eigenvalue weighted by Crippen LogP contribution is -2.11. The standard InChI is InChI=1S/C19H20N2OS2/c1-10-7-11(2)17(12(3)8-10)23-9-15-20-18(22)16-13-5-4-6-14(13)24-19(16)21-15/h7-8H,4-6,9H2,1-3H3,(H,20,21,22). The number of hydrogen-bond donors (Lipinski definition) is 1. The first-order chi connectivity index (χ1) is 11.5. The van der Waals surface area contributed by atoms with Crippen molar-refractivity contribution < 1.29 is 0 Å². The van der Waals surface area contributed by atoms with Gasteiger partial charge in [0.25, 0.3) is 5.56 Å². The van der Waals surface area contributed by atoms with Gasteiger partial charge in [-0.3, -0.25) is 4.79 Å². The van der Waals surface area contributed by atoms with E-state index in [1.165, 1.54) is 38.4 Å². The molecule has 1 N–H and O–H groups in total. The topological polar surface area (TPSA) is 45.8 Å². The summed E-state index contributed by atoms with van der Waals surface area (Å²) in [6.07, 6.45) is 3.29. The van der Waals surface area contributed by atoms with Crippen molar-refractivity contribution in [1.82, 2.24) is 9.97 Å². The van der Waals surface area contributed by atoms with Gasteiger partial charge in [-0.05, 0) is 56.7 Å². The van der Waals surface area contributed by atoms with Gasteiger partial charge in [0.05, 0.1) is 11.1 Å². The van der Waals surface area contributed by atoms with Crippen LogP contribution in [0.3, 0.4) is 0 Å². The molecule has 0 fully saturated rings. The molecular weight excluding hydrogens is 336 g/mol. The fraction of sp³-hybridized carbons (Fsp3) is 0.368. The van der Waals surface area contributed by atoms with Crippen LogP contribution in [0.15, 0.2) is 21.8 Å². The van der Waals surface area contributed by atoms with Gasteiger partial charge >= 0.3 is 0 Å². The quantitative estimate of drug-likeness (QED) is 0.693. The number of thiophene rings is 1. The number of aryl methyl sites for hydroxylation is 5. The second-order valence-electron chi connectivity index (χ2n) is 6.57. The molecule has 2 aromatic heterocycles. The molecule has 2 heterocycles. The molecule has 3 aromatic rings. The molecule has 1 aliphatic carbocycles. The summed E-state index contributed by atoms with van der Waals surface area (Å²) in [5.41, 5.74) is 5.14. The van der Waals surface area contributed by atoms with Crippen molar-refractivity contribution in [3.05, 3.63) is 55.4 Å². The third-order valence-electron chi connectivity index (χ3n) is 4.58. The largest absolute Gasteiger partial charge is 0.309 e. The lowest BCUT2D eigenvalue weighted by Gasteiger charge is -2.10. The summed E-state index contributed by atoms with van der Waals surface area (Å²) in [4.78, 5) is 23.8. The summed E-state index contributed by atoms with van der Waals surface area (Å²) in [5.74, 6) is 1.47. The Balaban J connectivity index is 1.65. The molecule has 5 heteroatoms. The van der Waals surface area contributed by atoms with Gasteiger partial charge in [-0.15, -0.1) is 23.1 Å². The van der Waals surface area contributed by atoms with E-state index in [0.717, 1.165) is 28.9 Å². The molecule has 3 nitrogen and oxygen atoms in total. The number of aromatic amines is 1. The van der Waals surface area contributed by atoms with Gasteiger partial charge < -0.3 is 4.98 Å². The molecule has 0 amide bonds. The molecule has 0 saturated heterocycles. The summed E-state index contributed by atoms with van der Waals surface area (Å²) in [7, 11) is 0. The molecule has 1 aromatic carbocycles. The van der Waals surface area contributed by atoms with E-state index in [0.29, 0.717) is 5.75 Å². The lowest BCUT2D eigenvalue weighted by molar-refractivity contribution is 0.916. The van der Waals surface area contributed by atoms with Crippen molar-refractivity contribution in [2.75, 3.05) is 0 Å². The second kappa shape index (κ2) is 6.05. The molecule has 0 spiro atoms. The molecule has 0 saturated carbocycles. The van der Waals surface area contributed by atoms with Crippen molar-refractivity contribution in [3.8, 4) is 0 Å². The summed E-state index contributed by atoms with van der Waals surface area (Å²) >= 11 is 3.46. The first-order valence-corrected chi connectivity index (χ1v) is 10.1. The fourth-order valence-corrected chi connectivity index (χ4v) is 5.92. The minimum Gasteiger partial charge on any atom is -0.309 e. The van der Waals surface area contributed by atoms with Crippen LogP contribution in [0.2, 0.25) is 0 Å². The number of benzene rings is 1. The highest BCUT2D eigenvalue weighted by molar-refractivity contribution is 7.98. The van der Waals surface area contributed by atoms with Crippen molar-refractivity contribution in [2.45, 2.75) is 50.7 Å². The molecule has 4 rings (SSSR count). The van der Waals surface area contributed by atoms with E-state index in [2.05, 4.69) is 37.9 Å². The minimum absolute atomic E-state index is 0.0346. The van der Waals surface area contributed by atoms with Crippen LogP contribution in [0.5, 0.6) is 0 Å². The summed E-state index contributed by atoms with van der Waals surface area (Å²) in [6.45, 7) is 6.41. The number of thioether (sulfide) groups is 1. The molecule has 0 atom stereocenters. The monoisotopic (exact) mass is 356 g/mol. The third-order valence-corrected chi connectivity index (χ3v) is 7.12. The van der Waals surface area contributed by atoms with E-state index in [-0.39, 0.29) is 5.56 Å². The Bertz CT molecular complexity index is 977. The van der Waals surface area contributed by atoms with E-state index < -0.39 is 0 Å². The number of nitrogens with one attached hydrogen (secondary N) is 1. The minimum atomic E-state index is 0.0346. The van der Waals surface area contributed by atoms with Crippen molar-refractivity contribution >= 4 is 33.3 Å². The average Bonchev–Trinajstić information content (AvgIpc) is 3.06. The Labute approximate surface area is 149 Å². The molecule has 24 heavy (non-hydrogen) atoms. The highest BCUT2D eigenvalue weighted by Crippen LogP contribution is 2.35. The van der Waals surface area contributed by atoms with Crippen LogP contribution in [0, 0.1) is 20.8 Å². The number of nitrogens with zero attached hydrogens (tertiary/aromatic N) is 1. The maximum atomic E-state index is 12.5. The number of aromatic nitrogens is 2. The van der Waals surface area contributed by atoms with Gasteiger partial charge in [0, 0.05) is 9.77 Å². The average molecular weight is 357 g/mol. The van der Waals surface area contributed by atoms with Crippen LogP contribution in [0.25, 0.3) is 10.2 Å². The maximum absolute atomic E-state index is 12.5. The number of hydrogen-bond acceptors (Lipinski definition) is 4. The van der Waals surface area contributed by atoms with Crippen LogP contribution in [0.1, 0.15) is 39.4 Å². The Hall–Kier alpha value is -1.59. The lowest BCUT2D eigenvalue weighted by atomic mass is 10.1. The Morgan fingerprint density at radius 2 is 1.96 bits per heavy atom. The Morgan fingerprint density at radius 3 is 2.71 bits per heavy atom. The number of H-pyrrole nitrogens is 1. The second-order valence-corrected chi connectivity index (χ2v) is 8.64. The van der Waals surface area contributed by atoms with E-state index in [1.807, 2.05) is 0 Å². The zero-order valence-corrected chi connectivity index (χ0v) is 15.8. The predicted molar refractivity (Wildman–Crippen MR) is 102 cm³/mol. The van der Waals surface area contributed by atoms with Crippen LogP contribution >= 0.6 is 23.1 Å². The predicted octanol–water partition coefficient (Wildman–Crippen LogP) is 4.69. The number of rotatable bonds is 3. The molecule has 1 aliphatic rings. The summed E-state index contributed by atoms with van der Waals surface area (Å²) in [6, 6.07) is 4.41. The van der Waals surface area contributed by atoms with Gasteiger partial charge in [-0.1, -0.05) is 17.7 Å². The Morgan fingerprint density at radius 1 is 1.21 bits per heavy atom.